The molecule has 2 amide bonds. The van der Waals surface area contributed by atoms with E-state index in [1.54, 1.807) is 0 Å². The van der Waals surface area contributed by atoms with E-state index in [1.165, 1.54) is 22.3 Å². The van der Waals surface area contributed by atoms with Crippen molar-refractivity contribution in [2.45, 2.75) is 11.1 Å². The Balaban J connectivity index is 1.77. The van der Waals surface area contributed by atoms with Crippen molar-refractivity contribution in [3.8, 4) is 0 Å². The molecule has 2 spiro atoms. The predicted molar refractivity (Wildman–Crippen MR) is 102 cm³/mol. The fourth-order valence-corrected chi connectivity index (χ4v) is 6.46. The average Bonchev–Trinajstić information content (AvgIpc) is 2.79. The first-order chi connectivity index (χ1) is 12.6. The minimum absolute atomic E-state index is 0.104. The summed E-state index contributed by atoms with van der Waals surface area (Å²) in [6, 6.07) is 17.2. The van der Waals surface area contributed by atoms with Crippen LogP contribution in [0.4, 0.5) is 4.79 Å². The zero-order valence-electron chi connectivity index (χ0n) is 14.9. The van der Waals surface area contributed by atoms with E-state index in [9.17, 15) is 4.79 Å². The average molecular weight is 340 g/mol. The summed E-state index contributed by atoms with van der Waals surface area (Å²) >= 11 is 0. The Morgan fingerprint density at radius 2 is 1.15 bits per heavy atom. The number of rotatable bonds is 0. The highest BCUT2D eigenvalue weighted by atomic mass is 16.2. The van der Waals surface area contributed by atoms with E-state index < -0.39 is 0 Å². The third-order valence-corrected chi connectivity index (χ3v) is 7.27. The van der Waals surface area contributed by atoms with E-state index in [4.69, 9.17) is 0 Å². The molecule has 4 unspecified atom stereocenters. The van der Waals surface area contributed by atoms with E-state index >= 15 is 0 Å². The van der Waals surface area contributed by atoms with Crippen molar-refractivity contribution in [3.05, 3.63) is 82.9 Å². The van der Waals surface area contributed by atoms with E-state index in [2.05, 4.69) is 72.8 Å². The van der Waals surface area contributed by atoms with Crippen LogP contribution in [-0.4, -0.2) is 29.9 Å². The zero-order chi connectivity index (χ0) is 17.7. The summed E-state index contributed by atoms with van der Waals surface area (Å²) in [7, 11) is 3.96. The molecule has 26 heavy (non-hydrogen) atoms. The molecule has 1 saturated carbocycles. The van der Waals surface area contributed by atoms with Gasteiger partial charge in [0.25, 0.3) is 0 Å². The number of fused-ring (bicyclic) bond motifs is 3. The Morgan fingerprint density at radius 3 is 1.62 bits per heavy atom. The Labute approximate surface area is 153 Å². The van der Waals surface area contributed by atoms with Gasteiger partial charge in [0.2, 0.25) is 0 Å². The van der Waals surface area contributed by atoms with Gasteiger partial charge in [-0.2, -0.15) is 0 Å². The summed E-state index contributed by atoms with van der Waals surface area (Å²) < 4.78 is 0. The number of carbonyl (C=O) groups excluding carboxylic acids is 1. The highest BCUT2D eigenvalue weighted by Crippen LogP contribution is 2.74. The second-order valence-corrected chi connectivity index (χ2v) is 7.88. The molecule has 4 atom stereocenters. The minimum atomic E-state index is -0.351. The monoisotopic (exact) mass is 340 g/mol. The zero-order valence-corrected chi connectivity index (χ0v) is 14.9. The fourth-order valence-electron chi connectivity index (χ4n) is 6.46. The van der Waals surface area contributed by atoms with Crippen LogP contribution in [0.2, 0.25) is 0 Å². The van der Waals surface area contributed by atoms with Gasteiger partial charge in [0.15, 0.2) is 0 Å². The van der Waals surface area contributed by atoms with E-state index in [0.717, 1.165) is 0 Å². The topological polar surface area (TPSA) is 23.6 Å². The summed E-state index contributed by atoms with van der Waals surface area (Å²) in [6.07, 6.45) is 9.12. The molecule has 0 bridgehead atoms. The van der Waals surface area contributed by atoms with Gasteiger partial charge in [-0.1, -0.05) is 72.8 Å². The van der Waals surface area contributed by atoms with Crippen LogP contribution in [0.5, 0.6) is 0 Å². The molecule has 2 aromatic rings. The van der Waals surface area contributed by atoms with Crippen molar-refractivity contribution in [1.82, 2.24) is 9.80 Å². The van der Waals surface area contributed by atoms with Crippen LogP contribution in [0.15, 0.2) is 60.7 Å². The van der Waals surface area contributed by atoms with Gasteiger partial charge >= 0.3 is 6.03 Å². The number of carbonyl (C=O) groups is 1. The Bertz CT molecular complexity index is 957. The maximum absolute atomic E-state index is 13.3. The number of nitrogens with zero attached hydrogens (tertiary/aromatic N) is 2. The van der Waals surface area contributed by atoms with Gasteiger partial charge < -0.3 is 9.80 Å². The second-order valence-electron chi connectivity index (χ2n) is 7.88. The van der Waals surface area contributed by atoms with Crippen molar-refractivity contribution in [2.75, 3.05) is 14.1 Å². The number of benzene rings is 2. The second kappa shape index (κ2) is 4.29. The highest BCUT2D eigenvalue weighted by molar-refractivity contribution is 5.86. The molecule has 3 heteroatoms. The largest absolute Gasteiger partial charge is 0.321 e. The summed E-state index contributed by atoms with van der Waals surface area (Å²) in [4.78, 5) is 17.3. The van der Waals surface area contributed by atoms with Crippen molar-refractivity contribution in [1.29, 1.82) is 0 Å². The van der Waals surface area contributed by atoms with Crippen LogP contribution < -0.4 is 0 Å². The number of hydrogen-bond acceptors (Lipinski definition) is 1. The Morgan fingerprint density at radius 1 is 0.731 bits per heavy atom. The molecular formula is C23H20N2O. The molecule has 3 nitrogen and oxygen atoms in total. The molecule has 1 heterocycles. The lowest BCUT2D eigenvalue weighted by atomic mass is 9.39. The van der Waals surface area contributed by atoms with Crippen molar-refractivity contribution in [3.63, 3.8) is 0 Å². The summed E-state index contributed by atoms with van der Waals surface area (Å²) in [5.74, 6) is 0.585. The molecule has 4 aliphatic rings. The van der Waals surface area contributed by atoms with E-state index in [1.807, 2.05) is 23.9 Å². The van der Waals surface area contributed by atoms with Crippen molar-refractivity contribution in [2.24, 2.45) is 11.8 Å². The van der Waals surface area contributed by atoms with Crippen molar-refractivity contribution >= 4 is 18.2 Å². The third kappa shape index (κ3) is 1.16. The molecule has 0 radical (unpaired) electrons. The summed E-state index contributed by atoms with van der Waals surface area (Å²) in [6.45, 7) is 0. The van der Waals surface area contributed by atoms with Crippen LogP contribution >= 0.6 is 0 Å². The van der Waals surface area contributed by atoms with Crippen LogP contribution in [-0.2, 0) is 11.1 Å². The van der Waals surface area contributed by atoms with E-state index in [-0.39, 0.29) is 17.1 Å². The molecule has 1 saturated heterocycles. The number of likely N-dealkylation sites (N-methyl/N-ethyl adjacent to an activating group) is 2. The van der Waals surface area contributed by atoms with Crippen molar-refractivity contribution < 1.29 is 4.79 Å². The number of amides is 2. The Hall–Kier alpha value is -2.81. The maximum Gasteiger partial charge on any atom is 0.321 e. The smallest absolute Gasteiger partial charge is 0.315 e. The maximum atomic E-state index is 13.3. The molecule has 2 fully saturated rings. The first kappa shape index (κ1) is 14.4. The van der Waals surface area contributed by atoms with Gasteiger partial charge in [0, 0.05) is 25.9 Å². The lowest BCUT2D eigenvalue weighted by molar-refractivity contribution is -0.132. The minimum Gasteiger partial charge on any atom is -0.315 e. The standard InChI is InChI=1S/C23H20N2O/c1-24-21(26)25(2)23-18-10-6-4-8-16(18)12-14-20(23)19-13-11-15-7-3-5-9-17(15)22(19,23)24/h3-14,19-20H,1-2H3. The summed E-state index contributed by atoms with van der Waals surface area (Å²) in [5, 5.41) is 0. The molecule has 0 N–H and O–H groups in total. The van der Waals surface area contributed by atoms with Gasteiger partial charge in [-0.3, -0.25) is 0 Å². The van der Waals surface area contributed by atoms with Gasteiger partial charge in [0.05, 0.1) is 0 Å². The lowest BCUT2D eigenvalue weighted by Gasteiger charge is -2.69. The van der Waals surface area contributed by atoms with Crippen LogP contribution in [0.1, 0.15) is 22.3 Å². The van der Waals surface area contributed by atoms with Gasteiger partial charge in [-0.05, 0) is 22.3 Å². The quantitative estimate of drug-likeness (QED) is 0.709. The predicted octanol–water partition coefficient (Wildman–Crippen LogP) is 4.07. The Kier molecular flexibility index (Phi) is 2.37. The SMILES string of the molecule is CN1C(=O)N(C)C23c4ccccc4C=CC2C2C=Cc4ccccc4C213. The van der Waals surface area contributed by atoms with E-state index in [0.29, 0.717) is 11.8 Å². The van der Waals surface area contributed by atoms with Gasteiger partial charge in [-0.25, -0.2) is 4.79 Å². The highest BCUT2D eigenvalue weighted by Gasteiger charge is 2.82. The van der Waals surface area contributed by atoms with Gasteiger partial charge in [-0.15, -0.1) is 0 Å². The third-order valence-electron chi connectivity index (χ3n) is 7.27. The number of urea groups is 1. The van der Waals surface area contributed by atoms with Crippen LogP contribution in [0.25, 0.3) is 12.2 Å². The fraction of sp³-hybridized carbons (Fsp3) is 0.261. The first-order valence-corrected chi connectivity index (χ1v) is 9.22. The lowest BCUT2D eigenvalue weighted by Crippen LogP contribution is -2.75. The normalized spacial score (nSPS) is 35.2. The molecule has 3 aliphatic carbocycles. The molecule has 0 aromatic heterocycles. The molecule has 128 valence electrons. The van der Waals surface area contributed by atoms with Crippen LogP contribution in [0.3, 0.4) is 0 Å². The molecule has 2 aromatic carbocycles. The van der Waals surface area contributed by atoms with Crippen LogP contribution in [0, 0.1) is 11.8 Å². The molecular weight excluding hydrogens is 320 g/mol. The van der Waals surface area contributed by atoms with Gasteiger partial charge in [0.1, 0.15) is 11.1 Å². The molecule has 6 rings (SSSR count). The summed E-state index contributed by atoms with van der Waals surface area (Å²) in [5.41, 5.74) is 4.29. The molecule has 1 aliphatic heterocycles. The first-order valence-electron chi connectivity index (χ1n) is 9.22. The number of hydrogen-bond donors (Lipinski definition) is 0.